The van der Waals surface area contributed by atoms with Gasteiger partial charge in [0.1, 0.15) is 0 Å². The fourth-order valence-electron chi connectivity index (χ4n) is 1.04. The van der Waals surface area contributed by atoms with E-state index in [1.807, 2.05) is 12.1 Å². The minimum absolute atomic E-state index is 0.0857. The van der Waals surface area contributed by atoms with Crippen LogP contribution < -0.4 is 5.32 Å². The molecule has 0 aromatic heterocycles. The number of carbonyl (C=O) groups is 1. The highest BCUT2D eigenvalue weighted by Crippen LogP contribution is 2.23. The first-order valence-corrected chi connectivity index (χ1v) is 6.25. The van der Waals surface area contributed by atoms with Crippen LogP contribution in [0.1, 0.15) is 10.4 Å². The zero-order valence-electron chi connectivity index (χ0n) is 8.22. The van der Waals surface area contributed by atoms with Crippen molar-refractivity contribution in [2.45, 2.75) is 0 Å². The summed E-state index contributed by atoms with van der Waals surface area (Å²) in [6.45, 7) is 1.04. The van der Waals surface area contributed by atoms with E-state index in [1.54, 1.807) is 13.2 Å². The van der Waals surface area contributed by atoms with Crippen molar-refractivity contribution in [1.29, 1.82) is 0 Å². The Morgan fingerprint density at radius 1 is 1.60 bits per heavy atom. The molecule has 0 atom stereocenters. The Morgan fingerprint density at radius 2 is 2.33 bits per heavy atom. The highest BCUT2D eigenvalue weighted by atomic mass is 127. The molecule has 3 nitrogen and oxygen atoms in total. The standard InChI is InChI=1S/C10H11BrINO2/c1-15-6-5-13-10(14)7-3-2-4-8(12)9(7)11/h2-4H,5-6H2,1H3,(H,13,14). The summed E-state index contributed by atoms with van der Waals surface area (Å²) < 4.78 is 6.71. The Morgan fingerprint density at radius 3 is 3.00 bits per heavy atom. The zero-order chi connectivity index (χ0) is 11.3. The topological polar surface area (TPSA) is 38.3 Å². The quantitative estimate of drug-likeness (QED) is 0.640. The van der Waals surface area contributed by atoms with Crippen molar-refractivity contribution in [3.63, 3.8) is 0 Å². The van der Waals surface area contributed by atoms with Crippen LogP contribution in [0.3, 0.4) is 0 Å². The first-order chi connectivity index (χ1) is 7.16. The molecule has 0 unspecified atom stereocenters. The minimum atomic E-state index is -0.0857. The lowest BCUT2D eigenvalue weighted by atomic mass is 10.2. The molecular formula is C10H11BrINO2. The van der Waals surface area contributed by atoms with Gasteiger partial charge in [-0.1, -0.05) is 6.07 Å². The van der Waals surface area contributed by atoms with E-state index < -0.39 is 0 Å². The van der Waals surface area contributed by atoms with E-state index in [-0.39, 0.29) is 5.91 Å². The van der Waals surface area contributed by atoms with Crippen molar-refractivity contribution >= 4 is 44.4 Å². The molecule has 0 heterocycles. The smallest absolute Gasteiger partial charge is 0.252 e. The van der Waals surface area contributed by atoms with Gasteiger partial charge in [0.15, 0.2) is 0 Å². The molecule has 0 aliphatic heterocycles. The van der Waals surface area contributed by atoms with E-state index in [1.165, 1.54) is 0 Å². The van der Waals surface area contributed by atoms with E-state index in [9.17, 15) is 4.79 Å². The molecule has 15 heavy (non-hydrogen) atoms. The average Bonchev–Trinajstić information content (AvgIpc) is 2.22. The molecule has 82 valence electrons. The Bertz CT molecular complexity index is 357. The maximum atomic E-state index is 11.7. The number of amides is 1. The van der Waals surface area contributed by atoms with Gasteiger partial charge in [0.25, 0.3) is 5.91 Å². The Labute approximate surface area is 111 Å². The highest BCUT2D eigenvalue weighted by Gasteiger charge is 2.10. The molecule has 1 N–H and O–H groups in total. The van der Waals surface area contributed by atoms with Crippen LogP contribution in [0.25, 0.3) is 0 Å². The number of halogens is 2. The Kier molecular flexibility index (Phi) is 5.55. The molecule has 0 saturated carbocycles. The van der Waals surface area contributed by atoms with E-state index in [0.29, 0.717) is 18.7 Å². The van der Waals surface area contributed by atoms with E-state index >= 15 is 0 Å². The number of benzene rings is 1. The van der Waals surface area contributed by atoms with Gasteiger partial charge in [0, 0.05) is 21.7 Å². The normalized spacial score (nSPS) is 10.1. The molecule has 0 aliphatic carbocycles. The third-order valence-electron chi connectivity index (χ3n) is 1.79. The fraction of sp³-hybridized carbons (Fsp3) is 0.300. The van der Waals surface area contributed by atoms with E-state index in [0.717, 1.165) is 8.04 Å². The number of rotatable bonds is 4. The lowest BCUT2D eigenvalue weighted by Gasteiger charge is -2.07. The SMILES string of the molecule is COCCNC(=O)c1cccc(I)c1Br. The molecule has 1 amide bonds. The van der Waals surface area contributed by atoms with Crippen LogP contribution in [0.2, 0.25) is 0 Å². The lowest BCUT2D eigenvalue weighted by molar-refractivity contribution is 0.0936. The number of carbonyl (C=O) groups excluding carboxylic acids is 1. The predicted octanol–water partition coefficient (Wildman–Crippen LogP) is 2.43. The average molecular weight is 384 g/mol. The molecule has 0 aliphatic rings. The van der Waals surface area contributed by atoms with Crippen LogP contribution in [-0.2, 0) is 4.74 Å². The molecule has 1 aromatic carbocycles. The van der Waals surface area contributed by atoms with Crippen molar-refractivity contribution in [3.05, 3.63) is 31.8 Å². The van der Waals surface area contributed by atoms with Gasteiger partial charge in [0.05, 0.1) is 12.2 Å². The molecule has 0 bridgehead atoms. The van der Waals surface area contributed by atoms with Gasteiger partial charge in [-0.15, -0.1) is 0 Å². The summed E-state index contributed by atoms with van der Waals surface area (Å²) >= 11 is 5.57. The molecule has 0 spiro atoms. The van der Waals surface area contributed by atoms with Gasteiger partial charge in [-0.25, -0.2) is 0 Å². The number of ether oxygens (including phenoxy) is 1. The first-order valence-electron chi connectivity index (χ1n) is 4.38. The molecule has 0 saturated heterocycles. The van der Waals surface area contributed by atoms with Crippen molar-refractivity contribution in [3.8, 4) is 0 Å². The Balaban J connectivity index is 2.69. The van der Waals surface area contributed by atoms with Gasteiger partial charge in [0.2, 0.25) is 0 Å². The molecule has 0 fully saturated rings. The van der Waals surface area contributed by atoms with Crippen molar-refractivity contribution < 1.29 is 9.53 Å². The van der Waals surface area contributed by atoms with Gasteiger partial charge >= 0.3 is 0 Å². The second-order valence-corrected chi connectivity index (χ2v) is 4.81. The van der Waals surface area contributed by atoms with Crippen LogP contribution >= 0.6 is 38.5 Å². The summed E-state index contributed by atoms with van der Waals surface area (Å²) in [5.41, 5.74) is 0.651. The molecule has 5 heteroatoms. The number of methoxy groups -OCH3 is 1. The zero-order valence-corrected chi connectivity index (χ0v) is 12.0. The number of nitrogens with one attached hydrogen (secondary N) is 1. The second-order valence-electron chi connectivity index (χ2n) is 2.85. The summed E-state index contributed by atoms with van der Waals surface area (Å²) in [7, 11) is 1.60. The van der Waals surface area contributed by atoms with Crippen LogP contribution in [-0.4, -0.2) is 26.2 Å². The maximum absolute atomic E-state index is 11.7. The molecular weight excluding hydrogens is 373 g/mol. The predicted molar refractivity (Wildman–Crippen MR) is 71.1 cm³/mol. The number of hydrogen-bond acceptors (Lipinski definition) is 2. The van der Waals surface area contributed by atoms with Crippen molar-refractivity contribution in [1.82, 2.24) is 5.32 Å². The summed E-state index contributed by atoms with van der Waals surface area (Å²) in [6.07, 6.45) is 0. The summed E-state index contributed by atoms with van der Waals surface area (Å²) in [5.74, 6) is -0.0857. The highest BCUT2D eigenvalue weighted by molar-refractivity contribution is 14.1. The van der Waals surface area contributed by atoms with Crippen LogP contribution in [0, 0.1) is 3.57 Å². The molecule has 1 aromatic rings. The molecule has 0 radical (unpaired) electrons. The summed E-state index contributed by atoms with van der Waals surface area (Å²) in [5, 5.41) is 2.77. The van der Waals surface area contributed by atoms with Gasteiger partial charge in [-0.2, -0.15) is 0 Å². The van der Waals surface area contributed by atoms with E-state index in [2.05, 4.69) is 43.8 Å². The largest absolute Gasteiger partial charge is 0.383 e. The van der Waals surface area contributed by atoms with Crippen LogP contribution in [0.15, 0.2) is 22.7 Å². The fourth-order valence-corrected chi connectivity index (χ4v) is 1.98. The first kappa shape index (κ1) is 12.9. The van der Waals surface area contributed by atoms with Gasteiger partial charge in [-0.05, 0) is 50.7 Å². The van der Waals surface area contributed by atoms with E-state index in [4.69, 9.17) is 4.74 Å². The Hall–Kier alpha value is -0.140. The van der Waals surface area contributed by atoms with Crippen LogP contribution in [0.5, 0.6) is 0 Å². The number of hydrogen-bond donors (Lipinski definition) is 1. The van der Waals surface area contributed by atoms with Gasteiger partial charge < -0.3 is 10.1 Å². The maximum Gasteiger partial charge on any atom is 0.252 e. The van der Waals surface area contributed by atoms with Crippen molar-refractivity contribution in [2.24, 2.45) is 0 Å². The summed E-state index contributed by atoms with van der Waals surface area (Å²) in [4.78, 5) is 11.7. The van der Waals surface area contributed by atoms with Crippen molar-refractivity contribution in [2.75, 3.05) is 20.3 Å². The third kappa shape index (κ3) is 3.73. The molecule has 1 rings (SSSR count). The van der Waals surface area contributed by atoms with Gasteiger partial charge in [-0.3, -0.25) is 4.79 Å². The minimum Gasteiger partial charge on any atom is -0.383 e. The second kappa shape index (κ2) is 6.44. The monoisotopic (exact) mass is 383 g/mol. The lowest BCUT2D eigenvalue weighted by Crippen LogP contribution is -2.27. The third-order valence-corrected chi connectivity index (χ3v) is 4.28. The summed E-state index contributed by atoms with van der Waals surface area (Å²) in [6, 6.07) is 5.59. The van der Waals surface area contributed by atoms with Crippen LogP contribution in [0.4, 0.5) is 0 Å².